The highest BCUT2D eigenvalue weighted by Gasteiger charge is 2.11. The van der Waals surface area contributed by atoms with Gasteiger partial charge in [-0.15, -0.1) is 0 Å². The molecular weight excluding hydrogens is 399 g/mol. The first-order valence-corrected chi connectivity index (χ1v) is 9.84. The molecule has 0 aliphatic rings. The van der Waals surface area contributed by atoms with Crippen LogP contribution in [0.25, 0.3) is 21.8 Å². The van der Waals surface area contributed by atoms with Crippen LogP contribution in [0.3, 0.4) is 0 Å². The number of rotatable bonds is 4. The average Bonchev–Trinajstić information content (AvgIpc) is 3.05. The molecule has 0 amide bonds. The number of halogens is 2. The highest BCUT2D eigenvalue weighted by atomic mass is 35.5. The van der Waals surface area contributed by atoms with Crippen molar-refractivity contribution < 1.29 is 17.0 Å². The molecule has 0 radical (unpaired) electrons. The molecule has 2 nitrogen and oxygen atoms in total. The van der Waals surface area contributed by atoms with Gasteiger partial charge in [0.2, 0.25) is 0 Å². The van der Waals surface area contributed by atoms with Crippen molar-refractivity contribution in [2.24, 2.45) is 0 Å². The van der Waals surface area contributed by atoms with Crippen LogP contribution < -0.4 is 17.0 Å². The van der Waals surface area contributed by atoms with Gasteiger partial charge in [-0.05, 0) is 29.8 Å². The molecule has 0 aliphatic carbocycles. The molecule has 0 atom stereocenters. The van der Waals surface area contributed by atoms with E-state index in [1.807, 2.05) is 12.1 Å². The van der Waals surface area contributed by atoms with Crippen LogP contribution in [0, 0.1) is 0 Å². The number of para-hydroxylation sites is 2. The third kappa shape index (κ3) is 3.87. The van der Waals surface area contributed by atoms with Gasteiger partial charge >= 0.3 is 0 Å². The summed E-state index contributed by atoms with van der Waals surface area (Å²) in [6.45, 7) is 1.70. The van der Waals surface area contributed by atoms with Gasteiger partial charge in [0, 0.05) is 51.1 Å². The van der Waals surface area contributed by atoms with E-state index in [2.05, 4.69) is 94.3 Å². The Balaban J connectivity index is 0.00000205. The maximum absolute atomic E-state index is 5.98. The fourth-order valence-electron chi connectivity index (χ4n) is 3.86. The van der Waals surface area contributed by atoms with Crippen LogP contribution in [0.5, 0.6) is 0 Å². The van der Waals surface area contributed by atoms with Gasteiger partial charge in [0.15, 0.2) is 18.9 Å². The van der Waals surface area contributed by atoms with E-state index >= 15 is 0 Å². The predicted molar refractivity (Wildman–Crippen MR) is 116 cm³/mol. The molecule has 0 fully saturated rings. The summed E-state index contributed by atoms with van der Waals surface area (Å²) in [5.74, 6) is 0. The van der Waals surface area contributed by atoms with Crippen molar-refractivity contribution in [3.63, 3.8) is 0 Å². The molecule has 4 heteroatoms. The minimum absolute atomic E-state index is 0. The standard InChI is InChI=1S/C25H20ClN2.ClH/c26-21-11-9-19(10-12-21)17-27-15-13-20(14-16-27)18-28-24-7-3-1-5-22(24)23-6-2-4-8-25(23)28;/h1-16H,17-18H2;1H/q+1;/p-1. The Morgan fingerprint density at radius 2 is 1.21 bits per heavy atom. The van der Waals surface area contributed by atoms with E-state index in [4.69, 9.17) is 11.6 Å². The molecule has 29 heavy (non-hydrogen) atoms. The molecule has 5 aromatic rings. The van der Waals surface area contributed by atoms with Crippen LogP contribution in [-0.4, -0.2) is 4.57 Å². The minimum Gasteiger partial charge on any atom is -1.00 e. The molecule has 0 spiro atoms. The summed E-state index contributed by atoms with van der Waals surface area (Å²) in [5.41, 5.74) is 5.09. The molecule has 144 valence electrons. The Labute approximate surface area is 181 Å². The van der Waals surface area contributed by atoms with E-state index in [1.165, 1.54) is 32.9 Å². The zero-order valence-electron chi connectivity index (χ0n) is 15.8. The van der Waals surface area contributed by atoms with Crippen LogP contribution in [0.15, 0.2) is 97.3 Å². The molecule has 0 N–H and O–H groups in total. The number of pyridine rings is 1. The van der Waals surface area contributed by atoms with Gasteiger partial charge in [-0.2, -0.15) is 0 Å². The first-order chi connectivity index (χ1) is 13.8. The van der Waals surface area contributed by atoms with Gasteiger partial charge in [0.25, 0.3) is 0 Å². The SMILES string of the molecule is Clc1ccc(C[n+]2ccc(Cn3c4ccccc4c4ccccc43)cc2)cc1.[Cl-]. The van der Waals surface area contributed by atoms with Gasteiger partial charge in [-0.1, -0.05) is 60.1 Å². The van der Waals surface area contributed by atoms with Gasteiger partial charge in [0.05, 0.1) is 0 Å². The Hall–Kier alpha value is -2.81. The number of benzene rings is 3. The monoisotopic (exact) mass is 418 g/mol. The van der Waals surface area contributed by atoms with Crippen molar-refractivity contribution in [3.8, 4) is 0 Å². The number of nitrogens with zero attached hydrogens (tertiary/aromatic N) is 2. The summed E-state index contributed by atoms with van der Waals surface area (Å²) in [7, 11) is 0. The normalized spacial score (nSPS) is 10.9. The Morgan fingerprint density at radius 3 is 1.79 bits per heavy atom. The maximum atomic E-state index is 5.98. The first-order valence-electron chi connectivity index (χ1n) is 9.46. The van der Waals surface area contributed by atoms with E-state index in [0.717, 1.165) is 18.1 Å². The zero-order chi connectivity index (χ0) is 18.9. The molecule has 0 saturated heterocycles. The average molecular weight is 419 g/mol. The quantitative estimate of drug-likeness (QED) is 0.396. The first kappa shape index (κ1) is 19.5. The van der Waals surface area contributed by atoms with Crippen molar-refractivity contribution in [2.45, 2.75) is 13.1 Å². The maximum Gasteiger partial charge on any atom is 0.173 e. The van der Waals surface area contributed by atoms with Gasteiger partial charge in [-0.3, -0.25) is 0 Å². The predicted octanol–water partition coefficient (Wildman–Crippen LogP) is 2.84. The van der Waals surface area contributed by atoms with E-state index in [0.29, 0.717) is 0 Å². The topological polar surface area (TPSA) is 8.81 Å². The fourth-order valence-corrected chi connectivity index (χ4v) is 3.98. The van der Waals surface area contributed by atoms with Crippen molar-refractivity contribution >= 4 is 33.4 Å². The smallest absolute Gasteiger partial charge is 0.173 e. The lowest BCUT2D eigenvalue weighted by atomic mass is 10.2. The Kier molecular flexibility index (Phi) is 5.57. The lowest BCUT2D eigenvalue weighted by Gasteiger charge is -2.07. The number of hydrogen-bond donors (Lipinski definition) is 0. The summed E-state index contributed by atoms with van der Waals surface area (Å²) >= 11 is 5.98. The Morgan fingerprint density at radius 1 is 0.655 bits per heavy atom. The largest absolute Gasteiger partial charge is 1.00 e. The summed E-state index contributed by atoms with van der Waals surface area (Å²) in [5, 5.41) is 3.40. The van der Waals surface area contributed by atoms with Crippen molar-refractivity contribution in [2.75, 3.05) is 0 Å². The molecule has 3 aromatic carbocycles. The lowest BCUT2D eigenvalue weighted by molar-refractivity contribution is -0.688. The van der Waals surface area contributed by atoms with Crippen LogP contribution >= 0.6 is 11.6 Å². The zero-order valence-corrected chi connectivity index (χ0v) is 17.3. The summed E-state index contributed by atoms with van der Waals surface area (Å²) in [4.78, 5) is 0. The highest BCUT2D eigenvalue weighted by molar-refractivity contribution is 6.30. The van der Waals surface area contributed by atoms with E-state index < -0.39 is 0 Å². The molecule has 0 bridgehead atoms. The summed E-state index contributed by atoms with van der Waals surface area (Å²) < 4.78 is 4.60. The molecule has 0 unspecified atom stereocenters. The molecule has 2 heterocycles. The number of aromatic nitrogens is 2. The Bertz CT molecular complexity index is 1200. The van der Waals surface area contributed by atoms with E-state index in [1.54, 1.807) is 0 Å². The van der Waals surface area contributed by atoms with Gasteiger partial charge < -0.3 is 17.0 Å². The lowest BCUT2D eigenvalue weighted by Crippen LogP contribution is -3.00. The fraction of sp³-hybridized carbons (Fsp3) is 0.0800. The van der Waals surface area contributed by atoms with E-state index in [9.17, 15) is 0 Å². The van der Waals surface area contributed by atoms with Crippen LogP contribution in [0.4, 0.5) is 0 Å². The molecule has 5 rings (SSSR count). The van der Waals surface area contributed by atoms with Crippen molar-refractivity contribution in [1.29, 1.82) is 0 Å². The van der Waals surface area contributed by atoms with Crippen LogP contribution in [0.1, 0.15) is 11.1 Å². The second kappa shape index (κ2) is 8.28. The van der Waals surface area contributed by atoms with Gasteiger partial charge in [-0.25, -0.2) is 4.57 Å². The third-order valence-corrected chi connectivity index (χ3v) is 5.51. The molecule has 0 aliphatic heterocycles. The molecule has 0 saturated carbocycles. The second-order valence-corrected chi connectivity index (χ2v) is 7.56. The van der Waals surface area contributed by atoms with Gasteiger partial charge in [0.1, 0.15) is 0 Å². The number of hydrogen-bond acceptors (Lipinski definition) is 0. The second-order valence-electron chi connectivity index (χ2n) is 7.13. The van der Waals surface area contributed by atoms with Crippen molar-refractivity contribution in [1.82, 2.24) is 4.57 Å². The van der Waals surface area contributed by atoms with Crippen molar-refractivity contribution in [3.05, 3.63) is 113 Å². The molecule has 2 aromatic heterocycles. The highest BCUT2D eigenvalue weighted by Crippen LogP contribution is 2.29. The van der Waals surface area contributed by atoms with Crippen LogP contribution in [-0.2, 0) is 13.1 Å². The van der Waals surface area contributed by atoms with Crippen LogP contribution in [0.2, 0.25) is 5.02 Å². The summed E-state index contributed by atoms with van der Waals surface area (Å²) in [6, 6.07) is 29.7. The number of fused-ring (bicyclic) bond motifs is 3. The minimum atomic E-state index is 0. The summed E-state index contributed by atoms with van der Waals surface area (Å²) in [6.07, 6.45) is 4.30. The third-order valence-electron chi connectivity index (χ3n) is 5.26. The van der Waals surface area contributed by atoms with E-state index in [-0.39, 0.29) is 12.4 Å². The molecular formula is C25H20Cl2N2.